The summed E-state index contributed by atoms with van der Waals surface area (Å²) in [6.45, 7) is 5.31. The lowest BCUT2D eigenvalue weighted by atomic mass is 10.0. The maximum Gasteiger partial charge on any atom is 0.242 e. The second-order valence-electron chi connectivity index (χ2n) is 9.97. The highest BCUT2D eigenvalue weighted by atomic mass is 16.2. The first-order valence-electron chi connectivity index (χ1n) is 13.9. The molecule has 8 N–H and O–H groups in total. The summed E-state index contributed by atoms with van der Waals surface area (Å²) < 4.78 is 1.85. The minimum atomic E-state index is -1.12. The number of para-hydroxylation sites is 1. The smallest absolute Gasteiger partial charge is 0.242 e. The van der Waals surface area contributed by atoms with Gasteiger partial charge in [-0.3, -0.25) is 14.4 Å². The van der Waals surface area contributed by atoms with Crippen molar-refractivity contribution in [1.82, 2.24) is 25.3 Å². The van der Waals surface area contributed by atoms with Crippen molar-refractivity contribution in [2.75, 3.05) is 26.2 Å². The summed E-state index contributed by atoms with van der Waals surface area (Å²) in [5.74, 6) is -1.22. The maximum atomic E-state index is 13.4. The molecule has 1 aromatic heterocycles. The average Bonchev–Trinajstić information content (AvgIpc) is 3.27. The number of carbonyl (C=O) groups excluding carboxylic acids is 3. The van der Waals surface area contributed by atoms with Crippen LogP contribution < -0.4 is 27.8 Å². The lowest BCUT2D eigenvalue weighted by Crippen LogP contribution is -2.53. The normalized spacial score (nSPS) is 12.4. The van der Waals surface area contributed by atoms with Gasteiger partial charge in [0.2, 0.25) is 17.7 Å². The van der Waals surface area contributed by atoms with Crippen molar-refractivity contribution in [3.05, 3.63) is 83.2 Å². The largest absolute Gasteiger partial charge is 0.350 e. The molecule has 0 radical (unpaired) electrons. The van der Waals surface area contributed by atoms with E-state index in [9.17, 15) is 14.4 Å². The molecule has 2 aromatic carbocycles. The first-order chi connectivity index (χ1) is 19.7. The molecule has 2 atom stereocenters. The summed E-state index contributed by atoms with van der Waals surface area (Å²) in [7, 11) is 0. The summed E-state index contributed by atoms with van der Waals surface area (Å²) in [5, 5.41) is 10.4. The van der Waals surface area contributed by atoms with Gasteiger partial charge in [-0.2, -0.15) is 5.10 Å². The molecule has 41 heavy (non-hydrogen) atoms. The van der Waals surface area contributed by atoms with E-state index in [1.165, 1.54) is 4.90 Å². The summed E-state index contributed by atoms with van der Waals surface area (Å²) >= 11 is 0. The number of nitrogens with zero attached hydrogens (tertiary/aromatic N) is 3. The van der Waals surface area contributed by atoms with Gasteiger partial charge in [-0.1, -0.05) is 48.5 Å². The summed E-state index contributed by atoms with van der Waals surface area (Å²) in [4.78, 5) is 40.6. The van der Waals surface area contributed by atoms with Crippen LogP contribution in [0.4, 0.5) is 0 Å². The van der Waals surface area contributed by atoms with Gasteiger partial charge in [-0.15, -0.1) is 0 Å². The Morgan fingerprint density at radius 3 is 2.15 bits per heavy atom. The van der Waals surface area contributed by atoms with Crippen LogP contribution in [-0.2, 0) is 27.3 Å². The van der Waals surface area contributed by atoms with E-state index in [4.69, 9.17) is 17.2 Å². The van der Waals surface area contributed by atoms with E-state index < -0.39 is 18.0 Å². The minimum absolute atomic E-state index is 0.212. The lowest BCUT2D eigenvalue weighted by molar-refractivity contribution is -0.135. The van der Waals surface area contributed by atoms with Gasteiger partial charge in [-0.05, 0) is 44.4 Å². The lowest BCUT2D eigenvalue weighted by Gasteiger charge is -2.24. The molecule has 11 nitrogen and oxygen atoms in total. The zero-order valence-electron chi connectivity index (χ0n) is 23.9. The van der Waals surface area contributed by atoms with E-state index in [-0.39, 0.29) is 37.9 Å². The van der Waals surface area contributed by atoms with Crippen molar-refractivity contribution in [3.8, 4) is 5.69 Å². The van der Waals surface area contributed by atoms with E-state index >= 15 is 0 Å². The Labute approximate surface area is 241 Å². The second kappa shape index (κ2) is 15.7. The van der Waals surface area contributed by atoms with Crippen molar-refractivity contribution < 1.29 is 14.4 Å². The fraction of sp³-hybridized carbons (Fsp3) is 0.400. The Hall–Kier alpha value is -4.06. The van der Waals surface area contributed by atoms with Gasteiger partial charge in [-0.25, -0.2) is 4.68 Å². The molecule has 3 rings (SSSR count). The number of rotatable bonds is 15. The van der Waals surface area contributed by atoms with Crippen LogP contribution in [0.15, 0.2) is 60.7 Å². The monoisotopic (exact) mass is 562 g/mol. The second-order valence-corrected chi connectivity index (χ2v) is 9.97. The van der Waals surface area contributed by atoms with Crippen LogP contribution in [0, 0.1) is 13.8 Å². The van der Waals surface area contributed by atoms with Crippen LogP contribution in [0.2, 0.25) is 0 Å². The molecule has 2 unspecified atom stereocenters. The number of aryl methyl sites for hydroxylation is 2. The summed E-state index contributed by atoms with van der Waals surface area (Å²) in [6.07, 6.45) is 0.712. The molecule has 0 aliphatic heterocycles. The van der Waals surface area contributed by atoms with Gasteiger partial charge in [0.1, 0.15) is 6.04 Å². The number of benzene rings is 2. The predicted molar refractivity (Wildman–Crippen MR) is 159 cm³/mol. The van der Waals surface area contributed by atoms with Crippen LogP contribution in [0.5, 0.6) is 0 Å². The number of aromatic nitrogens is 2. The molecule has 1 heterocycles. The molecule has 0 saturated carbocycles. The van der Waals surface area contributed by atoms with Crippen LogP contribution in [0.25, 0.3) is 5.69 Å². The number of carbonyl (C=O) groups is 3. The topological polar surface area (TPSA) is 174 Å². The van der Waals surface area contributed by atoms with Crippen molar-refractivity contribution in [1.29, 1.82) is 0 Å². The molecule has 220 valence electrons. The maximum absolute atomic E-state index is 13.4. The average molecular weight is 563 g/mol. The Morgan fingerprint density at radius 1 is 0.927 bits per heavy atom. The number of nitrogens with two attached hydrogens (primary N) is 3. The van der Waals surface area contributed by atoms with Crippen molar-refractivity contribution >= 4 is 17.7 Å². The van der Waals surface area contributed by atoms with Crippen molar-refractivity contribution in [2.45, 2.75) is 51.7 Å². The molecule has 0 aliphatic rings. The molecule has 11 heteroatoms. The molecule has 3 aromatic rings. The quantitative estimate of drug-likeness (QED) is 0.181. The third-order valence-electron chi connectivity index (χ3n) is 6.96. The molecular formula is C30H42N8O3. The standard InChI is InChI=1S/C30H42N8O3/c1-21-25(22(2)38(36-21)24-11-7-4-8-12-24)20-34-30(41)27(14-13-23-9-5-3-6-10-23)35-29(40)26(33)19-28(39)37(17-15-31)18-16-32/h3-12,26-27H,13-20,31-33H2,1-2H3,(H,34,41)(H,35,40). The van der Waals surface area contributed by atoms with E-state index in [1.54, 1.807) is 0 Å². The van der Waals surface area contributed by atoms with Crippen molar-refractivity contribution in [2.24, 2.45) is 17.2 Å². The van der Waals surface area contributed by atoms with E-state index in [2.05, 4.69) is 15.7 Å². The third-order valence-corrected chi connectivity index (χ3v) is 6.96. The van der Waals surface area contributed by atoms with Crippen LogP contribution in [0.1, 0.15) is 35.4 Å². The molecular weight excluding hydrogens is 520 g/mol. The first kappa shape index (κ1) is 31.5. The number of hydrogen-bond acceptors (Lipinski definition) is 7. The predicted octanol–water partition coefficient (Wildman–Crippen LogP) is 0.686. The van der Waals surface area contributed by atoms with Gasteiger partial charge in [0.05, 0.1) is 23.8 Å². The first-order valence-corrected chi connectivity index (χ1v) is 13.9. The Kier molecular flexibility index (Phi) is 12.0. The Bertz CT molecular complexity index is 1270. The molecule has 3 amide bonds. The highest BCUT2D eigenvalue weighted by Gasteiger charge is 2.27. The third kappa shape index (κ3) is 8.97. The Balaban J connectivity index is 1.69. The fourth-order valence-electron chi connectivity index (χ4n) is 4.64. The van der Waals surface area contributed by atoms with Gasteiger partial charge in [0.25, 0.3) is 0 Å². The van der Waals surface area contributed by atoms with Gasteiger partial charge in [0, 0.05) is 44.0 Å². The summed E-state index contributed by atoms with van der Waals surface area (Å²) in [6, 6.07) is 17.5. The molecule has 0 spiro atoms. The van der Waals surface area contributed by atoms with Crippen molar-refractivity contribution in [3.63, 3.8) is 0 Å². The van der Waals surface area contributed by atoms with Crippen LogP contribution in [0.3, 0.4) is 0 Å². The fourth-order valence-corrected chi connectivity index (χ4v) is 4.64. The highest BCUT2D eigenvalue weighted by Crippen LogP contribution is 2.18. The molecule has 0 bridgehead atoms. The van der Waals surface area contributed by atoms with Crippen LogP contribution in [-0.4, -0.2) is 70.7 Å². The highest BCUT2D eigenvalue weighted by molar-refractivity contribution is 5.92. The zero-order chi connectivity index (χ0) is 29.8. The van der Waals surface area contributed by atoms with Gasteiger partial charge in [0.15, 0.2) is 0 Å². The van der Waals surface area contributed by atoms with Gasteiger partial charge >= 0.3 is 0 Å². The molecule has 0 fully saturated rings. The van der Waals surface area contributed by atoms with E-state index in [0.29, 0.717) is 25.9 Å². The number of amides is 3. The number of hydrogen-bond donors (Lipinski definition) is 5. The summed E-state index contributed by atoms with van der Waals surface area (Å²) in [5.41, 5.74) is 21.9. The Morgan fingerprint density at radius 2 is 1.54 bits per heavy atom. The molecule has 0 aliphatic carbocycles. The zero-order valence-corrected chi connectivity index (χ0v) is 23.9. The van der Waals surface area contributed by atoms with E-state index in [1.807, 2.05) is 79.2 Å². The number of nitrogens with one attached hydrogen (secondary N) is 2. The SMILES string of the molecule is Cc1nn(-c2ccccc2)c(C)c1CNC(=O)C(CCc1ccccc1)NC(=O)C(N)CC(=O)N(CCN)CCN. The van der Waals surface area contributed by atoms with Gasteiger partial charge < -0.3 is 32.7 Å². The minimum Gasteiger partial charge on any atom is -0.350 e. The molecule has 0 saturated heterocycles. The van der Waals surface area contributed by atoms with E-state index in [0.717, 1.165) is 28.2 Å². The van der Waals surface area contributed by atoms with Crippen LogP contribution >= 0.6 is 0 Å².